The van der Waals surface area contributed by atoms with Crippen LogP contribution in [-0.4, -0.2) is 12.1 Å². The number of hydrogen-bond acceptors (Lipinski definition) is 3. The predicted octanol–water partition coefficient (Wildman–Crippen LogP) is 4.75. The SMILES string of the molecule is CCCCCCC(C)OOC(=O)c1cc(C)cc(C)c1. The minimum absolute atomic E-state index is 0.0540. The zero-order chi connectivity index (χ0) is 15.0. The van der Waals surface area contributed by atoms with Crippen molar-refractivity contribution in [3.8, 4) is 0 Å². The van der Waals surface area contributed by atoms with Gasteiger partial charge in [0.1, 0.15) is 6.10 Å². The van der Waals surface area contributed by atoms with Crippen molar-refractivity contribution in [2.45, 2.75) is 65.9 Å². The third-order valence-corrected chi connectivity index (χ3v) is 3.21. The van der Waals surface area contributed by atoms with Crippen LogP contribution in [0.2, 0.25) is 0 Å². The second kappa shape index (κ2) is 8.75. The van der Waals surface area contributed by atoms with Gasteiger partial charge in [-0.2, -0.15) is 4.89 Å². The molecule has 0 aliphatic rings. The molecular formula is C17H26O3. The lowest BCUT2D eigenvalue weighted by molar-refractivity contribution is -0.271. The lowest BCUT2D eigenvalue weighted by Crippen LogP contribution is -2.14. The number of carbonyl (C=O) groups excluding carboxylic acids is 1. The van der Waals surface area contributed by atoms with E-state index in [9.17, 15) is 4.79 Å². The molecule has 1 aromatic rings. The van der Waals surface area contributed by atoms with Crippen molar-refractivity contribution in [2.75, 3.05) is 0 Å². The highest BCUT2D eigenvalue weighted by Crippen LogP contribution is 2.12. The maximum Gasteiger partial charge on any atom is 0.373 e. The molecule has 0 N–H and O–H groups in total. The topological polar surface area (TPSA) is 35.5 Å². The van der Waals surface area contributed by atoms with Crippen LogP contribution >= 0.6 is 0 Å². The number of aryl methyl sites for hydroxylation is 2. The van der Waals surface area contributed by atoms with Gasteiger partial charge in [0.25, 0.3) is 0 Å². The molecule has 0 saturated carbocycles. The molecule has 112 valence electrons. The van der Waals surface area contributed by atoms with Crippen molar-refractivity contribution in [2.24, 2.45) is 0 Å². The van der Waals surface area contributed by atoms with Crippen LogP contribution in [0, 0.1) is 13.8 Å². The summed E-state index contributed by atoms with van der Waals surface area (Å²) in [6.07, 6.45) is 5.64. The Bertz CT molecular complexity index is 406. The summed E-state index contributed by atoms with van der Waals surface area (Å²) < 4.78 is 0. The summed E-state index contributed by atoms with van der Waals surface area (Å²) in [6.45, 7) is 8.04. The fourth-order valence-electron chi connectivity index (χ4n) is 2.17. The molecule has 1 rings (SSSR count). The molecule has 1 aromatic carbocycles. The van der Waals surface area contributed by atoms with Crippen LogP contribution in [0.25, 0.3) is 0 Å². The molecule has 20 heavy (non-hydrogen) atoms. The van der Waals surface area contributed by atoms with Crippen molar-refractivity contribution in [1.29, 1.82) is 0 Å². The summed E-state index contributed by atoms with van der Waals surface area (Å²) in [7, 11) is 0. The largest absolute Gasteiger partial charge is 0.373 e. The van der Waals surface area contributed by atoms with Crippen molar-refractivity contribution in [1.82, 2.24) is 0 Å². The van der Waals surface area contributed by atoms with Gasteiger partial charge in [0.2, 0.25) is 0 Å². The first-order chi connectivity index (χ1) is 9.52. The third-order valence-electron chi connectivity index (χ3n) is 3.21. The maximum atomic E-state index is 11.9. The Balaban J connectivity index is 2.35. The van der Waals surface area contributed by atoms with E-state index in [-0.39, 0.29) is 6.10 Å². The lowest BCUT2D eigenvalue weighted by atomic mass is 10.1. The van der Waals surface area contributed by atoms with Crippen LogP contribution in [0.15, 0.2) is 18.2 Å². The van der Waals surface area contributed by atoms with Gasteiger partial charge in [-0.3, -0.25) is 4.89 Å². The normalized spacial score (nSPS) is 12.2. The Morgan fingerprint density at radius 2 is 1.75 bits per heavy atom. The van der Waals surface area contributed by atoms with Crippen LogP contribution < -0.4 is 0 Å². The van der Waals surface area contributed by atoms with Crippen LogP contribution in [-0.2, 0) is 9.78 Å². The molecule has 0 spiro atoms. The highest BCUT2D eigenvalue weighted by molar-refractivity contribution is 5.89. The number of benzene rings is 1. The molecule has 1 atom stereocenters. The van der Waals surface area contributed by atoms with E-state index in [4.69, 9.17) is 9.78 Å². The average Bonchev–Trinajstić information content (AvgIpc) is 2.40. The van der Waals surface area contributed by atoms with Crippen molar-refractivity contribution in [3.63, 3.8) is 0 Å². The Morgan fingerprint density at radius 3 is 2.35 bits per heavy atom. The predicted molar refractivity (Wildman–Crippen MR) is 80.6 cm³/mol. The molecule has 0 aliphatic heterocycles. The quantitative estimate of drug-likeness (QED) is 0.391. The Labute approximate surface area is 122 Å². The second-order valence-electron chi connectivity index (χ2n) is 5.50. The summed E-state index contributed by atoms with van der Waals surface area (Å²) in [4.78, 5) is 22.0. The molecule has 3 nitrogen and oxygen atoms in total. The van der Waals surface area contributed by atoms with Crippen LogP contribution in [0.3, 0.4) is 0 Å². The van der Waals surface area contributed by atoms with E-state index >= 15 is 0 Å². The number of unbranched alkanes of at least 4 members (excludes halogenated alkanes) is 3. The Hall–Kier alpha value is -1.35. The van der Waals surface area contributed by atoms with Gasteiger partial charge in [-0.1, -0.05) is 49.8 Å². The lowest BCUT2D eigenvalue weighted by Gasteiger charge is -2.11. The van der Waals surface area contributed by atoms with Crippen molar-refractivity contribution >= 4 is 5.97 Å². The molecule has 1 unspecified atom stereocenters. The number of rotatable bonds is 8. The average molecular weight is 278 g/mol. The summed E-state index contributed by atoms with van der Waals surface area (Å²) in [5, 5.41) is 0. The third kappa shape index (κ3) is 6.20. The van der Waals surface area contributed by atoms with Crippen molar-refractivity contribution in [3.05, 3.63) is 34.9 Å². The van der Waals surface area contributed by atoms with Gasteiger partial charge in [0.15, 0.2) is 0 Å². The first-order valence-corrected chi connectivity index (χ1v) is 7.49. The van der Waals surface area contributed by atoms with Gasteiger partial charge in [0, 0.05) is 0 Å². The molecule has 0 fully saturated rings. The Morgan fingerprint density at radius 1 is 1.10 bits per heavy atom. The van der Waals surface area contributed by atoms with E-state index in [0.29, 0.717) is 5.56 Å². The molecule has 0 saturated heterocycles. The molecule has 0 aromatic heterocycles. The van der Waals surface area contributed by atoms with Gasteiger partial charge in [0.05, 0.1) is 5.56 Å². The van der Waals surface area contributed by atoms with Gasteiger partial charge in [-0.15, -0.1) is 0 Å². The first-order valence-electron chi connectivity index (χ1n) is 7.49. The van der Waals surface area contributed by atoms with Crippen molar-refractivity contribution < 1.29 is 14.6 Å². The molecule has 0 amide bonds. The van der Waals surface area contributed by atoms with Crippen LogP contribution in [0.4, 0.5) is 0 Å². The number of hydrogen-bond donors (Lipinski definition) is 0. The number of carbonyl (C=O) groups is 1. The zero-order valence-corrected chi connectivity index (χ0v) is 13.1. The fourth-order valence-corrected chi connectivity index (χ4v) is 2.17. The van der Waals surface area contributed by atoms with Crippen LogP contribution in [0.5, 0.6) is 0 Å². The van der Waals surface area contributed by atoms with E-state index in [1.807, 2.05) is 39.0 Å². The second-order valence-corrected chi connectivity index (χ2v) is 5.50. The smallest absolute Gasteiger partial charge is 0.293 e. The fraction of sp³-hybridized carbons (Fsp3) is 0.588. The summed E-state index contributed by atoms with van der Waals surface area (Å²) in [6, 6.07) is 5.64. The van der Waals surface area contributed by atoms with Gasteiger partial charge in [-0.25, -0.2) is 4.79 Å². The molecule has 0 heterocycles. The van der Waals surface area contributed by atoms with E-state index in [1.54, 1.807) is 0 Å². The van der Waals surface area contributed by atoms with E-state index in [0.717, 1.165) is 24.0 Å². The van der Waals surface area contributed by atoms with Gasteiger partial charge >= 0.3 is 5.97 Å². The monoisotopic (exact) mass is 278 g/mol. The van der Waals surface area contributed by atoms with E-state index < -0.39 is 5.97 Å². The first kappa shape index (κ1) is 16.7. The summed E-state index contributed by atoms with van der Waals surface area (Å²) >= 11 is 0. The highest BCUT2D eigenvalue weighted by atomic mass is 17.2. The summed E-state index contributed by atoms with van der Waals surface area (Å²) in [5.41, 5.74) is 2.63. The Kier molecular flexibility index (Phi) is 7.31. The maximum absolute atomic E-state index is 11.9. The van der Waals surface area contributed by atoms with E-state index in [1.165, 1.54) is 19.3 Å². The summed E-state index contributed by atoms with van der Waals surface area (Å²) in [5.74, 6) is -0.419. The molecule has 3 heteroatoms. The minimum atomic E-state index is -0.419. The van der Waals surface area contributed by atoms with Crippen LogP contribution in [0.1, 0.15) is 67.4 Å². The van der Waals surface area contributed by atoms with Gasteiger partial charge < -0.3 is 0 Å². The molecule has 0 aliphatic carbocycles. The van der Waals surface area contributed by atoms with E-state index in [2.05, 4.69) is 6.92 Å². The highest BCUT2D eigenvalue weighted by Gasteiger charge is 2.12. The molecular weight excluding hydrogens is 252 g/mol. The van der Waals surface area contributed by atoms with Gasteiger partial charge in [-0.05, 0) is 39.3 Å². The molecule has 0 radical (unpaired) electrons. The molecule has 0 bridgehead atoms. The standard InChI is InChI=1S/C17H26O3/c1-5-6-7-8-9-15(4)19-20-17(18)16-11-13(2)10-14(3)12-16/h10-12,15H,5-9H2,1-4H3. The minimum Gasteiger partial charge on any atom is -0.293 e. The zero-order valence-electron chi connectivity index (χ0n) is 13.1.